The zero-order chi connectivity index (χ0) is 19.2. The van der Waals surface area contributed by atoms with Crippen LogP contribution in [0.1, 0.15) is 39.8 Å². The summed E-state index contributed by atoms with van der Waals surface area (Å²) in [5.41, 5.74) is 1.17. The van der Waals surface area contributed by atoms with Gasteiger partial charge in [-0.3, -0.25) is 14.4 Å². The van der Waals surface area contributed by atoms with Gasteiger partial charge in [-0.05, 0) is 55.5 Å². The number of esters is 1. The molecule has 3 rings (SSSR count). The third-order valence-corrected chi connectivity index (χ3v) is 5.33. The van der Waals surface area contributed by atoms with Gasteiger partial charge in [0.25, 0.3) is 11.8 Å². The minimum atomic E-state index is -0.257. The number of benzene rings is 1. The number of nitrogens with zero attached hydrogens (tertiary/aromatic N) is 1. The molecule has 6 nitrogen and oxygen atoms in total. The summed E-state index contributed by atoms with van der Waals surface area (Å²) in [6, 6.07) is 10.4. The highest BCUT2D eigenvalue weighted by Crippen LogP contribution is 2.21. The maximum atomic E-state index is 12.7. The molecule has 1 aliphatic heterocycles. The van der Waals surface area contributed by atoms with E-state index in [-0.39, 0.29) is 23.7 Å². The SMILES string of the molecule is CCOC(=O)C1CCCN(C(=O)c2ccc(NC(=O)c3cccs3)cc2)C1. The molecule has 2 heterocycles. The van der Waals surface area contributed by atoms with E-state index in [1.807, 2.05) is 11.4 Å². The van der Waals surface area contributed by atoms with E-state index in [4.69, 9.17) is 4.74 Å². The molecule has 0 radical (unpaired) electrons. The summed E-state index contributed by atoms with van der Waals surface area (Å²) in [5, 5.41) is 4.66. The standard InChI is InChI=1S/C20H22N2O4S/c1-2-26-20(25)15-5-3-11-22(13-15)19(24)14-7-9-16(10-8-14)21-18(23)17-6-4-12-27-17/h4,6-10,12,15H,2-3,5,11,13H2,1H3,(H,21,23). The third-order valence-electron chi connectivity index (χ3n) is 4.46. The predicted octanol–water partition coefficient (Wildman–Crippen LogP) is 3.42. The normalized spacial score (nSPS) is 16.6. The number of rotatable bonds is 5. The third kappa shape index (κ3) is 4.74. The molecular weight excluding hydrogens is 364 g/mol. The monoisotopic (exact) mass is 386 g/mol. The smallest absolute Gasteiger partial charge is 0.310 e. The maximum Gasteiger partial charge on any atom is 0.310 e. The van der Waals surface area contributed by atoms with Crippen molar-refractivity contribution >= 4 is 34.8 Å². The summed E-state index contributed by atoms with van der Waals surface area (Å²) in [7, 11) is 0. The molecule has 27 heavy (non-hydrogen) atoms. The first-order valence-electron chi connectivity index (χ1n) is 8.99. The average molecular weight is 386 g/mol. The van der Waals surface area contributed by atoms with Gasteiger partial charge in [-0.1, -0.05) is 6.07 Å². The number of carbonyl (C=O) groups is 3. The second-order valence-corrected chi connectivity index (χ2v) is 7.30. The molecular formula is C20H22N2O4S. The van der Waals surface area contributed by atoms with Crippen molar-refractivity contribution in [2.45, 2.75) is 19.8 Å². The van der Waals surface area contributed by atoms with Gasteiger partial charge in [-0.25, -0.2) is 0 Å². The molecule has 7 heteroatoms. The van der Waals surface area contributed by atoms with Crippen LogP contribution in [0.2, 0.25) is 0 Å². The van der Waals surface area contributed by atoms with Gasteiger partial charge in [-0.15, -0.1) is 11.3 Å². The highest BCUT2D eigenvalue weighted by Gasteiger charge is 2.29. The first-order chi connectivity index (χ1) is 13.1. The van der Waals surface area contributed by atoms with Crippen LogP contribution >= 0.6 is 11.3 Å². The van der Waals surface area contributed by atoms with Crippen LogP contribution in [0.5, 0.6) is 0 Å². The van der Waals surface area contributed by atoms with Crippen LogP contribution in [0, 0.1) is 5.92 Å². The Morgan fingerprint density at radius 1 is 1.22 bits per heavy atom. The van der Waals surface area contributed by atoms with Crippen LogP contribution in [0.15, 0.2) is 41.8 Å². The largest absolute Gasteiger partial charge is 0.466 e. The number of piperidine rings is 1. The maximum absolute atomic E-state index is 12.7. The average Bonchev–Trinajstić information content (AvgIpc) is 3.23. The number of amides is 2. The van der Waals surface area contributed by atoms with Gasteiger partial charge in [0, 0.05) is 24.3 Å². The van der Waals surface area contributed by atoms with Gasteiger partial charge >= 0.3 is 5.97 Å². The molecule has 142 valence electrons. The Bertz CT molecular complexity index is 802. The van der Waals surface area contributed by atoms with Crippen molar-refractivity contribution in [3.63, 3.8) is 0 Å². The van der Waals surface area contributed by atoms with Gasteiger partial charge in [0.2, 0.25) is 0 Å². The van der Waals surface area contributed by atoms with Crippen LogP contribution in [0.25, 0.3) is 0 Å². The van der Waals surface area contributed by atoms with Crippen molar-refractivity contribution < 1.29 is 19.1 Å². The number of anilines is 1. The summed E-state index contributed by atoms with van der Waals surface area (Å²) in [4.78, 5) is 39.1. The first kappa shape index (κ1) is 19.1. The number of hydrogen-bond acceptors (Lipinski definition) is 5. The van der Waals surface area contributed by atoms with Crippen molar-refractivity contribution in [3.05, 3.63) is 52.2 Å². The Hall–Kier alpha value is -2.67. The molecule has 1 saturated heterocycles. The second-order valence-electron chi connectivity index (χ2n) is 6.35. The molecule has 1 atom stereocenters. The van der Waals surface area contributed by atoms with Gasteiger partial charge in [0.1, 0.15) is 0 Å². The Morgan fingerprint density at radius 3 is 2.67 bits per heavy atom. The number of ether oxygens (including phenoxy) is 1. The number of thiophene rings is 1. The lowest BCUT2D eigenvalue weighted by Gasteiger charge is -2.31. The summed E-state index contributed by atoms with van der Waals surface area (Å²) >= 11 is 1.37. The lowest BCUT2D eigenvalue weighted by Crippen LogP contribution is -2.42. The quantitative estimate of drug-likeness (QED) is 0.799. The zero-order valence-corrected chi connectivity index (χ0v) is 16.0. The highest BCUT2D eigenvalue weighted by atomic mass is 32.1. The fraction of sp³-hybridized carbons (Fsp3) is 0.350. The highest BCUT2D eigenvalue weighted by molar-refractivity contribution is 7.12. The molecule has 2 amide bonds. The molecule has 0 saturated carbocycles. The summed E-state index contributed by atoms with van der Waals surface area (Å²) in [6.45, 7) is 3.14. The van der Waals surface area contributed by atoms with E-state index in [1.54, 1.807) is 42.2 Å². The van der Waals surface area contributed by atoms with Crippen molar-refractivity contribution in [2.75, 3.05) is 25.0 Å². The Balaban J connectivity index is 1.61. The lowest BCUT2D eigenvalue weighted by molar-refractivity contribution is -0.149. The van der Waals surface area contributed by atoms with E-state index < -0.39 is 0 Å². The summed E-state index contributed by atoms with van der Waals surface area (Å²) in [6.07, 6.45) is 1.53. The number of hydrogen-bond donors (Lipinski definition) is 1. The van der Waals surface area contributed by atoms with Gasteiger partial charge < -0.3 is 15.0 Å². The minimum Gasteiger partial charge on any atom is -0.466 e. The Labute approximate surface area is 162 Å². The van der Waals surface area contributed by atoms with Gasteiger partial charge in [0.15, 0.2) is 0 Å². The summed E-state index contributed by atoms with van der Waals surface area (Å²) < 4.78 is 5.08. The fourth-order valence-electron chi connectivity index (χ4n) is 3.09. The number of carbonyl (C=O) groups excluding carboxylic acids is 3. The van der Waals surface area contributed by atoms with Crippen LogP contribution in [-0.4, -0.2) is 42.4 Å². The van der Waals surface area contributed by atoms with E-state index in [2.05, 4.69) is 5.32 Å². The van der Waals surface area contributed by atoms with E-state index in [0.717, 1.165) is 12.8 Å². The molecule has 0 bridgehead atoms. The molecule has 0 spiro atoms. The molecule has 1 fully saturated rings. The van der Waals surface area contributed by atoms with Crippen LogP contribution in [-0.2, 0) is 9.53 Å². The molecule has 1 aliphatic rings. The Morgan fingerprint density at radius 2 is 2.00 bits per heavy atom. The topological polar surface area (TPSA) is 75.7 Å². The summed E-state index contributed by atoms with van der Waals surface area (Å²) in [5.74, 6) is -0.772. The van der Waals surface area contributed by atoms with Gasteiger partial charge in [-0.2, -0.15) is 0 Å². The molecule has 1 aromatic carbocycles. The molecule has 1 N–H and O–H groups in total. The van der Waals surface area contributed by atoms with E-state index in [9.17, 15) is 14.4 Å². The van der Waals surface area contributed by atoms with Crippen molar-refractivity contribution in [1.29, 1.82) is 0 Å². The predicted molar refractivity (Wildman–Crippen MR) is 104 cm³/mol. The Kier molecular flexibility index (Phi) is 6.24. The van der Waals surface area contributed by atoms with Crippen molar-refractivity contribution in [2.24, 2.45) is 5.92 Å². The zero-order valence-electron chi connectivity index (χ0n) is 15.1. The van der Waals surface area contributed by atoms with Crippen molar-refractivity contribution in [1.82, 2.24) is 4.90 Å². The van der Waals surface area contributed by atoms with E-state index in [1.165, 1.54) is 11.3 Å². The van der Waals surface area contributed by atoms with Crippen LogP contribution in [0.4, 0.5) is 5.69 Å². The molecule has 1 unspecified atom stereocenters. The van der Waals surface area contributed by atoms with E-state index >= 15 is 0 Å². The fourth-order valence-corrected chi connectivity index (χ4v) is 3.71. The first-order valence-corrected chi connectivity index (χ1v) is 9.87. The van der Waals surface area contributed by atoms with Crippen molar-refractivity contribution in [3.8, 4) is 0 Å². The van der Waals surface area contributed by atoms with E-state index in [0.29, 0.717) is 35.8 Å². The number of nitrogens with one attached hydrogen (secondary N) is 1. The number of likely N-dealkylation sites (tertiary alicyclic amines) is 1. The van der Waals surface area contributed by atoms with Crippen LogP contribution < -0.4 is 5.32 Å². The molecule has 0 aliphatic carbocycles. The second kappa shape index (κ2) is 8.81. The lowest BCUT2D eigenvalue weighted by atomic mass is 9.97. The van der Waals surface area contributed by atoms with Gasteiger partial charge in [0.05, 0.1) is 17.4 Å². The van der Waals surface area contributed by atoms with Crippen LogP contribution in [0.3, 0.4) is 0 Å². The minimum absolute atomic E-state index is 0.111. The molecule has 1 aromatic heterocycles. The molecule has 2 aromatic rings.